The zero-order valence-corrected chi connectivity index (χ0v) is 14.0. The summed E-state index contributed by atoms with van der Waals surface area (Å²) in [6.07, 6.45) is 0.784. The number of nitrogens with zero attached hydrogens (tertiary/aromatic N) is 1. The molecule has 2 heterocycles. The monoisotopic (exact) mass is 338 g/mol. The van der Waals surface area contributed by atoms with E-state index in [4.69, 9.17) is 4.74 Å². The van der Waals surface area contributed by atoms with Crippen molar-refractivity contribution in [2.75, 3.05) is 20.3 Å². The van der Waals surface area contributed by atoms with Crippen LogP contribution in [0.15, 0.2) is 48.5 Å². The minimum absolute atomic E-state index is 0.0350. The third kappa shape index (κ3) is 2.70. The van der Waals surface area contributed by atoms with Gasteiger partial charge in [0, 0.05) is 30.3 Å². The van der Waals surface area contributed by atoms with Crippen molar-refractivity contribution < 1.29 is 13.9 Å². The Labute approximate surface area is 145 Å². The smallest absolute Gasteiger partial charge is 0.249 e. The van der Waals surface area contributed by atoms with Crippen LogP contribution >= 0.6 is 0 Å². The number of fused-ring (bicyclic) bond motifs is 3. The molecule has 1 atom stereocenters. The van der Waals surface area contributed by atoms with Crippen LogP contribution in [-0.4, -0.2) is 36.1 Å². The second kappa shape index (κ2) is 6.33. The van der Waals surface area contributed by atoms with Gasteiger partial charge in [0.1, 0.15) is 12.4 Å². The van der Waals surface area contributed by atoms with Crippen molar-refractivity contribution in [1.82, 2.24) is 9.88 Å². The molecule has 1 aromatic heterocycles. The molecule has 25 heavy (non-hydrogen) atoms. The number of halogens is 1. The van der Waals surface area contributed by atoms with Crippen LogP contribution in [-0.2, 0) is 16.0 Å². The van der Waals surface area contributed by atoms with Crippen LogP contribution in [0.3, 0.4) is 0 Å². The number of ether oxygens (including phenoxy) is 1. The Hall–Kier alpha value is -2.66. The van der Waals surface area contributed by atoms with Crippen LogP contribution in [0.1, 0.15) is 22.9 Å². The predicted molar refractivity (Wildman–Crippen MR) is 93.8 cm³/mol. The molecule has 0 saturated heterocycles. The average Bonchev–Trinajstić information content (AvgIpc) is 3.00. The highest BCUT2D eigenvalue weighted by Gasteiger charge is 2.34. The van der Waals surface area contributed by atoms with Gasteiger partial charge >= 0.3 is 0 Å². The van der Waals surface area contributed by atoms with Gasteiger partial charge in [0.05, 0.1) is 6.04 Å². The van der Waals surface area contributed by atoms with Gasteiger partial charge in [0.15, 0.2) is 0 Å². The summed E-state index contributed by atoms with van der Waals surface area (Å²) in [5, 5.41) is 1.18. The number of hydrogen-bond acceptors (Lipinski definition) is 2. The van der Waals surface area contributed by atoms with Crippen LogP contribution in [0.2, 0.25) is 0 Å². The molecule has 5 heteroatoms. The van der Waals surface area contributed by atoms with Crippen molar-refractivity contribution >= 4 is 16.8 Å². The van der Waals surface area contributed by atoms with E-state index in [0.717, 1.165) is 23.2 Å². The van der Waals surface area contributed by atoms with Crippen LogP contribution < -0.4 is 0 Å². The Morgan fingerprint density at radius 2 is 2.00 bits per heavy atom. The quantitative estimate of drug-likeness (QED) is 0.795. The van der Waals surface area contributed by atoms with Gasteiger partial charge in [-0.3, -0.25) is 4.79 Å². The summed E-state index contributed by atoms with van der Waals surface area (Å²) in [5.74, 6) is -0.354. The molecule has 0 saturated carbocycles. The van der Waals surface area contributed by atoms with Crippen LogP contribution in [0.25, 0.3) is 10.9 Å². The number of methoxy groups -OCH3 is 1. The molecule has 4 nitrogen and oxygen atoms in total. The zero-order chi connectivity index (χ0) is 17.4. The second-order valence-electron chi connectivity index (χ2n) is 6.29. The molecular weight excluding hydrogens is 319 g/mol. The van der Waals surface area contributed by atoms with Gasteiger partial charge in [0.2, 0.25) is 5.91 Å². The minimum atomic E-state index is -0.286. The topological polar surface area (TPSA) is 45.3 Å². The number of hydrogen-bond donors (Lipinski definition) is 1. The molecule has 0 aliphatic carbocycles. The lowest BCUT2D eigenvalue weighted by molar-refractivity contribution is -0.137. The molecule has 1 amide bonds. The summed E-state index contributed by atoms with van der Waals surface area (Å²) >= 11 is 0. The fourth-order valence-corrected chi connectivity index (χ4v) is 3.71. The van der Waals surface area contributed by atoms with E-state index in [-0.39, 0.29) is 24.4 Å². The molecule has 0 bridgehead atoms. The number of aromatic nitrogens is 1. The summed E-state index contributed by atoms with van der Waals surface area (Å²) in [6, 6.07) is 14.2. The van der Waals surface area contributed by atoms with Crippen molar-refractivity contribution in [2.45, 2.75) is 12.5 Å². The average molecular weight is 338 g/mol. The van der Waals surface area contributed by atoms with E-state index in [2.05, 4.69) is 11.1 Å². The highest BCUT2D eigenvalue weighted by atomic mass is 19.1. The third-order valence-electron chi connectivity index (χ3n) is 4.81. The number of nitrogens with one attached hydrogen (secondary N) is 1. The normalized spacial score (nSPS) is 16.9. The molecule has 2 aromatic carbocycles. The van der Waals surface area contributed by atoms with Crippen LogP contribution in [0, 0.1) is 5.82 Å². The zero-order valence-electron chi connectivity index (χ0n) is 14.0. The lowest BCUT2D eigenvalue weighted by Crippen LogP contribution is -2.42. The van der Waals surface area contributed by atoms with E-state index in [9.17, 15) is 9.18 Å². The SMILES string of the molecule is COCC(=O)N1CCc2c([nH]c3ccccc23)[C@H]1c1ccc(F)cc1. The highest BCUT2D eigenvalue weighted by Crippen LogP contribution is 2.38. The maximum Gasteiger partial charge on any atom is 0.249 e. The molecule has 1 aliphatic rings. The van der Waals surface area contributed by atoms with Crippen molar-refractivity contribution in [2.24, 2.45) is 0 Å². The summed E-state index contributed by atoms with van der Waals surface area (Å²) < 4.78 is 18.4. The van der Waals surface area contributed by atoms with Gasteiger partial charge < -0.3 is 14.6 Å². The third-order valence-corrected chi connectivity index (χ3v) is 4.81. The first-order valence-electron chi connectivity index (χ1n) is 8.32. The first-order valence-corrected chi connectivity index (χ1v) is 8.32. The van der Waals surface area contributed by atoms with Gasteiger partial charge in [-0.15, -0.1) is 0 Å². The van der Waals surface area contributed by atoms with E-state index in [1.54, 1.807) is 12.1 Å². The fourth-order valence-electron chi connectivity index (χ4n) is 3.71. The Kier molecular flexibility index (Phi) is 4.01. The van der Waals surface area contributed by atoms with Crippen LogP contribution in [0.4, 0.5) is 4.39 Å². The standard InChI is InChI=1S/C20H19FN2O2/c1-25-12-18(24)23-11-10-16-15-4-2-3-5-17(15)22-19(16)20(23)13-6-8-14(21)9-7-13/h2-9,20,22H,10-12H2,1H3/t20-/m1/s1. The van der Waals surface area contributed by atoms with Gasteiger partial charge in [-0.05, 0) is 35.7 Å². The van der Waals surface area contributed by atoms with E-state index in [1.807, 2.05) is 23.1 Å². The highest BCUT2D eigenvalue weighted by molar-refractivity contribution is 5.86. The first kappa shape index (κ1) is 15.8. The molecule has 0 unspecified atom stereocenters. The minimum Gasteiger partial charge on any atom is -0.375 e. The Morgan fingerprint density at radius 3 is 2.76 bits per heavy atom. The number of aromatic amines is 1. The van der Waals surface area contributed by atoms with E-state index < -0.39 is 0 Å². The number of rotatable bonds is 3. The number of H-pyrrole nitrogens is 1. The van der Waals surface area contributed by atoms with Gasteiger partial charge in [0.25, 0.3) is 0 Å². The lowest BCUT2D eigenvalue weighted by atomic mass is 9.92. The molecule has 1 N–H and O–H groups in total. The molecule has 0 spiro atoms. The number of carbonyl (C=O) groups excluding carboxylic acids is 1. The summed E-state index contributed by atoms with van der Waals surface area (Å²) in [6.45, 7) is 0.645. The Balaban J connectivity index is 1.87. The molecule has 3 aromatic rings. The van der Waals surface area contributed by atoms with Crippen molar-refractivity contribution in [3.8, 4) is 0 Å². The molecule has 4 rings (SSSR count). The largest absolute Gasteiger partial charge is 0.375 e. The maximum atomic E-state index is 13.4. The summed E-state index contributed by atoms with van der Waals surface area (Å²) in [5.41, 5.74) is 4.17. The van der Waals surface area contributed by atoms with Gasteiger partial charge in [-0.25, -0.2) is 4.39 Å². The number of benzene rings is 2. The van der Waals surface area contributed by atoms with Crippen molar-refractivity contribution in [1.29, 1.82) is 0 Å². The molecule has 128 valence electrons. The summed E-state index contributed by atoms with van der Waals surface area (Å²) in [4.78, 5) is 17.9. The molecule has 0 radical (unpaired) electrons. The number of amides is 1. The van der Waals surface area contributed by atoms with Crippen molar-refractivity contribution in [3.05, 3.63) is 71.2 Å². The van der Waals surface area contributed by atoms with Gasteiger partial charge in [-0.1, -0.05) is 30.3 Å². The Bertz CT molecular complexity index is 917. The molecule has 1 aliphatic heterocycles. The van der Waals surface area contributed by atoms with Crippen molar-refractivity contribution in [3.63, 3.8) is 0 Å². The molecule has 0 fully saturated rings. The van der Waals surface area contributed by atoms with Crippen LogP contribution in [0.5, 0.6) is 0 Å². The maximum absolute atomic E-state index is 13.4. The van der Waals surface area contributed by atoms with E-state index in [0.29, 0.717) is 6.54 Å². The van der Waals surface area contributed by atoms with E-state index >= 15 is 0 Å². The fraction of sp³-hybridized carbons (Fsp3) is 0.250. The summed E-state index contributed by atoms with van der Waals surface area (Å²) in [7, 11) is 1.52. The number of carbonyl (C=O) groups is 1. The van der Waals surface area contributed by atoms with Gasteiger partial charge in [-0.2, -0.15) is 0 Å². The first-order chi connectivity index (χ1) is 12.2. The lowest BCUT2D eigenvalue weighted by Gasteiger charge is -2.36. The van der Waals surface area contributed by atoms with E-state index in [1.165, 1.54) is 30.2 Å². The predicted octanol–water partition coefficient (Wildman–Crippen LogP) is 3.43. The molecular formula is C20H19FN2O2. The Morgan fingerprint density at radius 1 is 1.24 bits per heavy atom. The second-order valence-corrected chi connectivity index (χ2v) is 6.29. The number of para-hydroxylation sites is 1.